The Bertz CT molecular complexity index is 2600. The fourth-order valence-corrected chi connectivity index (χ4v) is 9.47. The number of anilines is 1. The van der Waals surface area contributed by atoms with Crippen LogP contribution in [0.4, 0.5) is 24.2 Å². The molecule has 0 radical (unpaired) electrons. The Labute approximate surface area is 418 Å². The van der Waals surface area contributed by atoms with Crippen LogP contribution in [0, 0.1) is 34.3 Å². The summed E-state index contributed by atoms with van der Waals surface area (Å²) in [5.41, 5.74) is 2.84. The van der Waals surface area contributed by atoms with Gasteiger partial charge in [0.15, 0.2) is 0 Å². The monoisotopic (exact) mass is 997 g/mol. The summed E-state index contributed by atoms with van der Waals surface area (Å²) in [7, 11) is 2.82. The van der Waals surface area contributed by atoms with Gasteiger partial charge >= 0.3 is 12.2 Å². The average Bonchev–Trinajstić information content (AvgIpc) is 3.84. The second-order valence-electron chi connectivity index (χ2n) is 21.0. The van der Waals surface area contributed by atoms with Crippen LogP contribution in [-0.2, 0) is 39.1 Å². The van der Waals surface area contributed by atoms with Crippen molar-refractivity contribution in [2.45, 2.75) is 110 Å². The minimum Gasteiger partial charge on any atom is -0.465 e. The van der Waals surface area contributed by atoms with E-state index in [4.69, 9.17) is 14.5 Å². The highest BCUT2D eigenvalue weighted by atomic mass is 19.1. The largest absolute Gasteiger partial charge is 0.465 e. The fraction of sp³-hybridized carbons (Fsp3) is 0.500. The highest BCUT2D eigenvalue weighted by Crippen LogP contribution is 2.35. The molecule has 386 valence electrons. The van der Waals surface area contributed by atoms with Gasteiger partial charge in [-0.15, -0.1) is 0 Å². The van der Waals surface area contributed by atoms with E-state index >= 15 is 8.78 Å². The van der Waals surface area contributed by atoms with Crippen molar-refractivity contribution < 1.29 is 47.6 Å². The predicted octanol–water partition coefficient (Wildman–Crippen LogP) is 4.59. The van der Waals surface area contributed by atoms with E-state index in [2.05, 4.69) is 48.1 Å². The van der Waals surface area contributed by atoms with Crippen LogP contribution in [-0.4, -0.2) is 141 Å². The number of benzene rings is 2. The molecule has 6 N–H and O–H groups in total. The second-order valence-corrected chi connectivity index (χ2v) is 21.0. The van der Waals surface area contributed by atoms with Gasteiger partial charge in [0.25, 0.3) is 5.91 Å². The zero-order valence-electron chi connectivity index (χ0n) is 42.0. The topological polar surface area (TPSA) is 216 Å². The van der Waals surface area contributed by atoms with Crippen LogP contribution in [0.15, 0.2) is 67.0 Å². The molecule has 2 bridgehead atoms. The number of hydrogen-bond acceptors (Lipinski definition) is 12. The number of aliphatic hydroxyl groups is 1. The van der Waals surface area contributed by atoms with E-state index in [1.165, 1.54) is 17.5 Å². The van der Waals surface area contributed by atoms with Crippen molar-refractivity contribution in [1.29, 1.82) is 0 Å². The number of ether oxygens (including phenoxy) is 2. The first-order chi connectivity index (χ1) is 34.1. The number of halogens is 2. The maximum Gasteiger partial charge on any atom is 0.407 e. The Morgan fingerprint density at radius 1 is 0.861 bits per heavy atom. The van der Waals surface area contributed by atoms with Gasteiger partial charge in [0.1, 0.15) is 29.5 Å². The molecule has 3 fully saturated rings. The van der Waals surface area contributed by atoms with Crippen molar-refractivity contribution in [2.75, 3.05) is 44.9 Å². The van der Waals surface area contributed by atoms with Gasteiger partial charge in [0.05, 0.1) is 44.2 Å². The number of piperazine rings is 1. The SMILES string of the molecule is COC(=O)N[C@H](C(=O)N[C@@H](Cc1ccc(C#Cc2ccc(N3CC4CCC(C3)N4C3COC3)nc2)cc1)[C@@H](O)CN(Cc1c(F)cc(-c2ccn(C)n2)cc1F)NC(=O)[C@@H](NC(=O)O)C(C)(C)C)C(C)(C)C. The standard InChI is InChI=1S/C52H66F2N10O8/c1-51(2,3)45(58-50(70)71-8)47(66)56-42(21-32-12-9-31(10-13-32)11-14-33-15-18-44(55-24-33)62-25-35-16-17-36(26-62)64(35)37-29-72-30-37)43(65)28-63(60-48(67)46(52(4,5)6)57-49(68)69)27-38-39(53)22-34(23-40(38)54)41-19-20-61(7)59-41/h9-10,12-13,15,18-20,22-24,35-37,42-43,45-46,57,65H,16-17,21,25-30H2,1-8H3,(H,56,66)(H,58,70)(H,60,67)(H,68,69)/t35?,36?,42-,43-,45+,46+/m0/s1. The average molecular weight is 997 g/mol. The molecule has 72 heavy (non-hydrogen) atoms. The number of hydrazine groups is 1. The number of alkyl carbamates (subject to hydrolysis) is 1. The van der Waals surface area contributed by atoms with Crippen LogP contribution in [0.1, 0.15) is 76.6 Å². The highest BCUT2D eigenvalue weighted by Gasteiger charge is 2.45. The molecule has 3 aliphatic heterocycles. The predicted molar refractivity (Wildman–Crippen MR) is 264 cm³/mol. The third-order valence-corrected chi connectivity index (χ3v) is 13.4. The van der Waals surface area contributed by atoms with Crippen molar-refractivity contribution >= 4 is 29.8 Å². The Balaban J connectivity index is 1.12. The van der Waals surface area contributed by atoms with Gasteiger partial charge in [-0.2, -0.15) is 5.10 Å². The minimum atomic E-state index is -1.57. The summed E-state index contributed by atoms with van der Waals surface area (Å²) in [6, 6.07) is 12.8. The Kier molecular flexibility index (Phi) is 16.5. The fourth-order valence-electron chi connectivity index (χ4n) is 9.47. The third-order valence-electron chi connectivity index (χ3n) is 13.4. The minimum absolute atomic E-state index is 0.0000398. The summed E-state index contributed by atoms with van der Waals surface area (Å²) in [6.45, 7) is 12.4. The van der Waals surface area contributed by atoms with Gasteiger partial charge in [-0.05, 0) is 78.1 Å². The molecule has 5 heterocycles. The quantitative estimate of drug-likeness (QED) is 0.0671. The van der Waals surface area contributed by atoms with Crippen LogP contribution in [0.5, 0.6) is 0 Å². The maximum absolute atomic E-state index is 16.0. The number of carbonyl (C=O) groups excluding carboxylic acids is 3. The summed E-state index contributed by atoms with van der Waals surface area (Å²) in [6.07, 6.45) is 1.85. The number of carboxylic acid groups (broad SMARTS) is 1. The molecule has 4 amide bonds. The Morgan fingerprint density at radius 2 is 1.47 bits per heavy atom. The molecule has 20 heteroatoms. The van der Waals surface area contributed by atoms with Crippen molar-refractivity contribution in [2.24, 2.45) is 17.9 Å². The smallest absolute Gasteiger partial charge is 0.407 e. The molecule has 3 saturated heterocycles. The lowest BCUT2D eigenvalue weighted by molar-refractivity contribution is -0.132. The molecule has 3 aliphatic rings. The van der Waals surface area contributed by atoms with E-state index in [-0.39, 0.29) is 12.0 Å². The van der Waals surface area contributed by atoms with Crippen molar-refractivity contribution in [1.82, 2.24) is 46.0 Å². The zero-order valence-corrected chi connectivity index (χ0v) is 42.0. The van der Waals surface area contributed by atoms with E-state index in [0.717, 1.165) is 61.9 Å². The lowest BCUT2D eigenvalue weighted by Crippen LogP contribution is -2.62. The summed E-state index contributed by atoms with van der Waals surface area (Å²) in [5, 5.41) is 34.7. The molecule has 2 unspecified atom stereocenters. The molecule has 2 aromatic carbocycles. The number of nitrogens with zero attached hydrogens (tertiary/aromatic N) is 6. The Hall–Kier alpha value is -6.66. The summed E-state index contributed by atoms with van der Waals surface area (Å²) in [5.74, 6) is 3.80. The summed E-state index contributed by atoms with van der Waals surface area (Å²) >= 11 is 0. The van der Waals surface area contributed by atoms with Gasteiger partial charge in [0.2, 0.25) is 5.91 Å². The number of methoxy groups -OCH3 is 1. The lowest BCUT2D eigenvalue weighted by atomic mass is 9.85. The normalized spacial score (nSPS) is 18.8. The van der Waals surface area contributed by atoms with E-state index < -0.39 is 89.3 Å². The van der Waals surface area contributed by atoms with E-state index in [1.807, 2.05) is 12.1 Å². The number of nitrogens with one attached hydrogen (secondary N) is 4. The summed E-state index contributed by atoms with van der Waals surface area (Å²) < 4.78 is 43.7. The first-order valence-electron chi connectivity index (χ1n) is 24.1. The first-order valence-corrected chi connectivity index (χ1v) is 24.1. The van der Waals surface area contributed by atoms with Gasteiger partial charge in [0, 0.05) is 80.0 Å². The van der Waals surface area contributed by atoms with Crippen molar-refractivity contribution in [3.8, 4) is 23.1 Å². The molecule has 7 rings (SSSR count). The van der Waals surface area contributed by atoms with E-state index in [9.17, 15) is 29.4 Å². The number of aliphatic hydroxyl groups excluding tert-OH is 1. The van der Waals surface area contributed by atoms with E-state index in [1.54, 1.807) is 91.3 Å². The van der Waals surface area contributed by atoms with Crippen LogP contribution in [0.25, 0.3) is 11.3 Å². The number of amides is 4. The Morgan fingerprint density at radius 3 is 2.00 bits per heavy atom. The van der Waals surface area contributed by atoms with Crippen LogP contribution in [0.3, 0.4) is 0 Å². The van der Waals surface area contributed by atoms with Crippen LogP contribution in [0.2, 0.25) is 0 Å². The number of rotatable bonds is 16. The van der Waals surface area contributed by atoms with Gasteiger partial charge < -0.3 is 40.5 Å². The first kappa shape index (κ1) is 53.1. The molecule has 18 nitrogen and oxygen atoms in total. The van der Waals surface area contributed by atoms with Gasteiger partial charge in [-0.3, -0.25) is 24.6 Å². The molecular weight excluding hydrogens is 931 g/mol. The van der Waals surface area contributed by atoms with Crippen LogP contribution >= 0.6 is 0 Å². The number of aryl methyl sites for hydroxylation is 1. The second kappa shape index (κ2) is 22.4. The third kappa shape index (κ3) is 13.2. The molecular formula is C52H66F2N10O8. The van der Waals surface area contributed by atoms with Gasteiger partial charge in [-0.1, -0.05) is 65.5 Å². The molecule has 0 saturated carbocycles. The van der Waals surface area contributed by atoms with Crippen molar-refractivity contribution in [3.05, 3.63) is 101 Å². The highest BCUT2D eigenvalue weighted by molar-refractivity contribution is 5.87. The molecule has 6 atom stereocenters. The van der Waals surface area contributed by atoms with E-state index in [0.29, 0.717) is 34.9 Å². The molecule has 4 aromatic rings. The number of fused-ring (bicyclic) bond motifs is 2. The molecule has 0 aliphatic carbocycles. The maximum atomic E-state index is 16.0. The van der Waals surface area contributed by atoms with Gasteiger partial charge in [-0.25, -0.2) is 28.4 Å². The number of aromatic nitrogens is 3. The van der Waals surface area contributed by atoms with Crippen LogP contribution < -0.4 is 26.3 Å². The lowest BCUT2D eigenvalue weighted by Gasteiger charge is -2.47. The number of hydrogen-bond donors (Lipinski definition) is 6. The van der Waals surface area contributed by atoms with Crippen molar-refractivity contribution in [3.63, 3.8) is 0 Å². The molecule has 2 aromatic heterocycles. The number of carbonyl (C=O) groups is 4. The molecule has 0 spiro atoms. The number of pyridine rings is 1. The zero-order chi connectivity index (χ0) is 52.1. The summed E-state index contributed by atoms with van der Waals surface area (Å²) in [4.78, 5) is 62.1.